The number of nitrogens with zero attached hydrogens (tertiary/aromatic N) is 1. The summed E-state index contributed by atoms with van der Waals surface area (Å²) in [5.74, 6) is 0.432. The maximum Gasteiger partial charge on any atom is 0.198 e. The van der Waals surface area contributed by atoms with Crippen molar-refractivity contribution >= 4 is 0 Å². The van der Waals surface area contributed by atoms with Crippen LogP contribution in [0.15, 0.2) is 12.2 Å². The highest BCUT2D eigenvalue weighted by molar-refractivity contribution is 5.61. The van der Waals surface area contributed by atoms with Crippen molar-refractivity contribution in [1.82, 2.24) is 4.57 Å². The van der Waals surface area contributed by atoms with Crippen molar-refractivity contribution in [2.24, 2.45) is 0 Å². The molecule has 2 atom stereocenters. The molecule has 86 valence electrons. The molecule has 16 heavy (non-hydrogen) atoms. The molecule has 0 fully saturated rings. The number of aromatic nitrogens is 1. The van der Waals surface area contributed by atoms with E-state index in [1.807, 2.05) is 0 Å². The van der Waals surface area contributed by atoms with E-state index < -0.39 is 0 Å². The van der Waals surface area contributed by atoms with Crippen LogP contribution in [0.2, 0.25) is 0 Å². The van der Waals surface area contributed by atoms with Crippen LogP contribution in [0, 0.1) is 0 Å². The minimum Gasteiger partial charge on any atom is -0.494 e. The van der Waals surface area contributed by atoms with E-state index in [0.717, 1.165) is 17.5 Å². The molecule has 2 unspecified atom stereocenters. The van der Waals surface area contributed by atoms with Gasteiger partial charge in [-0.1, -0.05) is 19.1 Å². The van der Waals surface area contributed by atoms with Crippen LogP contribution in [0.25, 0.3) is 0 Å². The first kappa shape index (κ1) is 9.78. The van der Waals surface area contributed by atoms with Crippen molar-refractivity contribution in [3.05, 3.63) is 23.3 Å². The van der Waals surface area contributed by atoms with Crippen LogP contribution < -0.4 is 0 Å². The van der Waals surface area contributed by atoms with Crippen molar-refractivity contribution in [1.29, 1.82) is 0 Å². The topological polar surface area (TPSA) is 65.6 Å². The molecular formula is C12H15NO3. The minimum absolute atomic E-state index is 0.0938. The highest BCUT2D eigenvalue weighted by Gasteiger charge is 2.48. The first-order valence-corrected chi connectivity index (χ1v) is 5.53. The molecule has 1 heterocycles. The first-order chi connectivity index (χ1) is 7.58. The normalized spacial score (nSPS) is 30.0. The zero-order valence-corrected chi connectivity index (χ0v) is 9.14. The second-order valence-corrected chi connectivity index (χ2v) is 4.90. The van der Waals surface area contributed by atoms with E-state index in [0.29, 0.717) is 0 Å². The molecule has 1 aromatic heterocycles. The van der Waals surface area contributed by atoms with Gasteiger partial charge in [-0.2, -0.15) is 0 Å². The number of hydrogen-bond acceptors (Lipinski definition) is 3. The number of aliphatic hydroxyl groups is 1. The predicted octanol–water partition coefficient (Wildman–Crippen LogP) is 1.21. The highest BCUT2D eigenvalue weighted by Crippen LogP contribution is 2.59. The zero-order valence-electron chi connectivity index (χ0n) is 9.14. The second-order valence-electron chi connectivity index (χ2n) is 4.90. The fraction of sp³-hybridized carbons (Fsp3) is 0.500. The average Bonchev–Trinajstić information content (AvgIpc) is 2.83. The first-order valence-electron chi connectivity index (χ1n) is 5.53. The van der Waals surface area contributed by atoms with Gasteiger partial charge in [0.2, 0.25) is 0 Å². The lowest BCUT2D eigenvalue weighted by Gasteiger charge is -2.18. The van der Waals surface area contributed by atoms with Gasteiger partial charge in [0.15, 0.2) is 11.8 Å². The molecule has 0 saturated heterocycles. The molecule has 0 aliphatic heterocycles. The van der Waals surface area contributed by atoms with Crippen LogP contribution in [-0.4, -0.2) is 26.5 Å². The molecule has 1 aromatic rings. The van der Waals surface area contributed by atoms with Crippen LogP contribution in [0.1, 0.15) is 30.4 Å². The van der Waals surface area contributed by atoms with Crippen molar-refractivity contribution in [3.8, 4) is 11.8 Å². The number of allylic oxidation sites excluding steroid dienone is 2. The molecule has 4 heteroatoms. The maximum absolute atomic E-state index is 10.1. The lowest BCUT2D eigenvalue weighted by molar-refractivity contribution is 0.254. The summed E-state index contributed by atoms with van der Waals surface area (Å²) in [7, 11) is 0. The summed E-state index contributed by atoms with van der Waals surface area (Å²) in [5, 5.41) is 29.1. The second kappa shape index (κ2) is 2.83. The Labute approximate surface area is 93.5 Å². The Bertz CT molecular complexity index is 489. The molecule has 0 saturated carbocycles. The smallest absolute Gasteiger partial charge is 0.198 e. The summed E-state index contributed by atoms with van der Waals surface area (Å²) in [5.41, 5.74) is 1.53. The van der Waals surface area contributed by atoms with Gasteiger partial charge in [-0.3, -0.25) is 4.57 Å². The highest BCUT2D eigenvalue weighted by atomic mass is 16.3. The van der Waals surface area contributed by atoms with Gasteiger partial charge in [0.25, 0.3) is 0 Å². The largest absolute Gasteiger partial charge is 0.494 e. The number of rotatable bonds is 2. The Hall–Kier alpha value is -1.42. The van der Waals surface area contributed by atoms with Crippen LogP contribution in [0.3, 0.4) is 0 Å². The summed E-state index contributed by atoms with van der Waals surface area (Å²) < 4.78 is 1.39. The molecule has 0 spiro atoms. The predicted molar refractivity (Wildman–Crippen MR) is 58.7 cm³/mol. The molecule has 4 nitrogen and oxygen atoms in total. The van der Waals surface area contributed by atoms with Gasteiger partial charge in [0, 0.05) is 22.5 Å². The molecule has 0 aromatic carbocycles. The summed E-state index contributed by atoms with van der Waals surface area (Å²) in [6, 6.07) is 0. The van der Waals surface area contributed by atoms with Crippen molar-refractivity contribution in [2.45, 2.75) is 31.2 Å². The van der Waals surface area contributed by atoms with Crippen LogP contribution in [-0.2, 0) is 12.0 Å². The average molecular weight is 221 g/mol. The summed E-state index contributed by atoms with van der Waals surface area (Å²) in [4.78, 5) is 0. The molecule has 3 N–H and O–H groups in total. The van der Waals surface area contributed by atoms with Gasteiger partial charge in [0.05, 0.1) is 13.2 Å². The Morgan fingerprint density at radius 3 is 2.81 bits per heavy atom. The van der Waals surface area contributed by atoms with Gasteiger partial charge in [0.1, 0.15) is 0 Å². The van der Waals surface area contributed by atoms with E-state index in [1.54, 1.807) is 0 Å². The van der Waals surface area contributed by atoms with Crippen molar-refractivity contribution in [2.75, 3.05) is 6.61 Å². The summed E-state index contributed by atoms with van der Waals surface area (Å²) >= 11 is 0. The number of fused-ring (bicyclic) bond motifs is 5. The van der Waals surface area contributed by atoms with Crippen LogP contribution >= 0.6 is 0 Å². The molecule has 0 amide bonds. The van der Waals surface area contributed by atoms with Gasteiger partial charge < -0.3 is 15.3 Å². The summed E-state index contributed by atoms with van der Waals surface area (Å²) in [6.45, 7) is 2.20. The van der Waals surface area contributed by atoms with E-state index in [-0.39, 0.29) is 36.2 Å². The molecule has 0 radical (unpaired) electrons. The molecular weight excluding hydrogens is 206 g/mol. The fourth-order valence-electron chi connectivity index (χ4n) is 3.14. The quantitative estimate of drug-likeness (QED) is 0.657. The van der Waals surface area contributed by atoms with Crippen LogP contribution in [0.5, 0.6) is 11.8 Å². The maximum atomic E-state index is 10.1. The van der Waals surface area contributed by atoms with Gasteiger partial charge in [-0.05, 0) is 6.42 Å². The van der Waals surface area contributed by atoms with E-state index in [9.17, 15) is 10.2 Å². The Morgan fingerprint density at radius 1 is 1.44 bits per heavy atom. The van der Waals surface area contributed by atoms with E-state index in [2.05, 4.69) is 19.1 Å². The Balaban J connectivity index is 2.22. The summed E-state index contributed by atoms with van der Waals surface area (Å²) in [6.07, 6.45) is 5.12. The number of hydrogen-bond donors (Lipinski definition) is 3. The fourth-order valence-corrected chi connectivity index (χ4v) is 3.14. The third kappa shape index (κ3) is 0.930. The van der Waals surface area contributed by atoms with Crippen molar-refractivity contribution < 1.29 is 15.3 Å². The third-order valence-electron chi connectivity index (χ3n) is 3.85. The zero-order chi connectivity index (χ0) is 11.5. The van der Waals surface area contributed by atoms with Gasteiger partial charge in [-0.25, -0.2) is 0 Å². The molecule has 2 bridgehead atoms. The molecule has 2 aliphatic carbocycles. The number of aromatic hydroxyl groups is 2. The van der Waals surface area contributed by atoms with Gasteiger partial charge in [-0.15, -0.1) is 0 Å². The lowest BCUT2D eigenvalue weighted by Crippen LogP contribution is -2.13. The van der Waals surface area contributed by atoms with Gasteiger partial charge >= 0.3 is 0 Å². The Kier molecular flexibility index (Phi) is 1.73. The van der Waals surface area contributed by atoms with E-state index in [1.165, 1.54) is 4.57 Å². The standard InChI is InChI=1S/C12H15NO3/c1-12-3-2-7(6-12)8-9(12)11(16)13(4-5-14)10(8)15/h2-3,7,14-16H,4-6H2,1H3. The molecule has 3 rings (SSSR count). The minimum atomic E-state index is -0.151. The lowest BCUT2D eigenvalue weighted by atomic mass is 9.86. The monoisotopic (exact) mass is 221 g/mol. The Morgan fingerprint density at radius 2 is 2.19 bits per heavy atom. The van der Waals surface area contributed by atoms with Crippen molar-refractivity contribution in [3.63, 3.8) is 0 Å². The SMILES string of the molecule is CC12C=CC(C1)c1c2c(O)n(CCO)c1O. The number of aliphatic hydroxyl groups excluding tert-OH is 1. The molecule has 2 aliphatic rings. The van der Waals surface area contributed by atoms with Crippen LogP contribution in [0.4, 0.5) is 0 Å². The van der Waals surface area contributed by atoms with E-state index >= 15 is 0 Å². The third-order valence-corrected chi connectivity index (χ3v) is 3.85. The van der Waals surface area contributed by atoms with E-state index in [4.69, 9.17) is 5.11 Å².